The number of ether oxygens (including phenoxy) is 1. The number of carbonyl (C=O) groups is 1. The fourth-order valence-corrected chi connectivity index (χ4v) is 4.43. The number of amides is 1. The van der Waals surface area contributed by atoms with Crippen molar-refractivity contribution in [1.82, 2.24) is 15.0 Å². The van der Waals surface area contributed by atoms with Crippen LogP contribution >= 0.6 is 23.4 Å². The first-order valence-corrected chi connectivity index (χ1v) is 10.8. The van der Waals surface area contributed by atoms with E-state index in [1.807, 2.05) is 59.5 Å². The molecule has 0 aliphatic carbocycles. The summed E-state index contributed by atoms with van der Waals surface area (Å²) in [6.07, 6.45) is 1.56. The molecule has 0 bridgehead atoms. The van der Waals surface area contributed by atoms with Crippen molar-refractivity contribution in [3.05, 3.63) is 77.4 Å². The van der Waals surface area contributed by atoms with Crippen molar-refractivity contribution in [1.29, 1.82) is 0 Å². The summed E-state index contributed by atoms with van der Waals surface area (Å²) >= 11 is 7.33. The van der Waals surface area contributed by atoms with Gasteiger partial charge in [-0.25, -0.2) is 9.97 Å². The molecule has 1 aliphatic rings. The van der Waals surface area contributed by atoms with Gasteiger partial charge in [0.05, 0.1) is 28.0 Å². The molecule has 0 fully saturated rings. The third-order valence-electron chi connectivity index (χ3n) is 4.90. The number of pyridine rings is 1. The van der Waals surface area contributed by atoms with Crippen LogP contribution in [0.3, 0.4) is 0 Å². The quantitative estimate of drug-likeness (QED) is 0.462. The molecule has 0 radical (unpaired) electrons. The number of imidazole rings is 1. The number of carbonyl (C=O) groups excluding carboxylic acids is 1. The van der Waals surface area contributed by atoms with Gasteiger partial charge in [-0.1, -0.05) is 65.8 Å². The summed E-state index contributed by atoms with van der Waals surface area (Å²) in [5, 5.41) is 1.17. The number of para-hydroxylation sites is 2. The first-order chi connectivity index (χ1) is 14.7. The zero-order chi connectivity index (χ0) is 20.5. The number of benzene rings is 2. The Hall–Kier alpha value is -3.03. The smallest absolute Gasteiger partial charge is 0.238 e. The van der Waals surface area contributed by atoms with Crippen molar-refractivity contribution in [3.63, 3.8) is 0 Å². The van der Waals surface area contributed by atoms with Crippen molar-refractivity contribution in [2.24, 2.45) is 0 Å². The molecule has 0 unspecified atom stereocenters. The van der Waals surface area contributed by atoms with E-state index in [2.05, 4.69) is 15.0 Å². The van der Waals surface area contributed by atoms with Crippen LogP contribution in [0, 0.1) is 0 Å². The van der Waals surface area contributed by atoms with Crippen molar-refractivity contribution >= 4 is 46.1 Å². The van der Waals surface area contributed by atoms with Crippen molar-refractivity contribution in [3.8, 4) is 5.75 Å². The predicted molar refractivity (Wildman–Crippen MR) is 118 cm³/mol. The number of hydrogen-bond acceptors (Lipinski definition) is 5. The molecule has 1 atom stereocenters. The number of hydrogen-bond donors (Lipinski definition) is 1. The van der Waals surface area contributed by atoms with Crippen LogP contribution < -0.4 is 9.64 Å². The third-order valence-corrected chi connectivity index (χ3v) is 5.97. The Labute approximate surface area is 182 Å². The Morgan fingerprint density at radius 2 is 2.00 bits per heavy atom. The summed E-state index contributed by atoms with van der Waals surface area (Å²) in [5.41, 5.74) is 3.14. The van der Waals surface area contributed by atoms with Crippen LogP contribution in [0.15, 0.2) is 72.0 Å². The van der Waals surface area contributed by atoms with Gasteiger partial charge in [0.1, 0.15) is 12.4 Å². The number of rotatable bonds is 4. The molecule has 6 nitrogen and oxygen atoms in total. The van der Waals surface area contributed by atoms with Gasteiger partial charge in [-0.05, 0) is 23.8 Å². The highest BCUT2D eigenvalue weighted by atomic mass is 35.5. The zero-order valence-corrected chi connectivity index (χ0v) is 17.4. The minimum absolute atomic E-state index is 0.0175. The molecular formula is C22H17ClN4O2S. The lowest BCUT2D eigenvalue weighted by Gasteiger charge is -2.37. The van der Waals surface area contributed by atoms with E-state index in [1.165, 1.54) is 11.8 Å². The minimum Gasteiger partial charge on any atom is -0.489 e. The topological polar surface area (TPSA) is 71.1 Å². The van der Waals surface area contributed by atoms with Crippen LogP contribution in [-0.2, 0) is 4.79 Å². The molecular weight excluding hydrogens is 420 g/mol. The number of nitrogens with zero attached hydrogens (tertiary/aromatic N) is 3. The highest BCUT2D eigenvalue weighted by Crippen LogP contribution is 2.39. The maximum atomic E-state index is 13.4. The number of halogens is 1. The summed E-state index contributed by atoms with van der Waals surface area (Å²) in [7, 11) is 0. The minimum atomic E-state index is -0.189. The largest absolute Gasteiger partial charge is 0.489 e. The lowest BCUT2D eigenvalue weighted by atomic mass is 10.0. The van der Waals surface area contributed by atoms with E-state index in [9.17, 15) is 4.79 Å². The molecule has 8 heteroatoms. The average molecular weight is 437 g/mol. The lowest BCUT2D eigenvalue weighted by molar-refractivity contribution is -0.117. The molecule has 3 heterocycles. The lowest BCUT2D eigenvalue weighted by Crippen LogP contribution is -2.42. The molecule has 30 heavy (non-hydrogen) atoms. The number of aromatic amines is 1. The Kier molecular flexibility index (Phi) is 5.06. The molecule has 0 saturated heterocycles. The molecule has 4 aromatic rings. The first-order valence-electron chi connectivity index (χ1n) is 9.42. The second kappa shape index (κ2) is 8.01. The normalized spacial score (nSPS) is 15.6. The van der Waals surface area contributed by atoms with E-state index in [0.717, 1.165) is 16.8 Å². The number of aromatic nitrogens is 3. The summed E-state index contributed by atoms with van der Waals surface area (Å²) in [6.45, 7) is 0.407. The SMILES string of the molecule is O=C(CSc1nc2ncc(Cl)cc2[nH]1)N1c2ccccc2OC[C@@H]1c1ccccc1. The molecule has 2 aromatic carbocycles. The Morgan fingerprint density at radius 1 is 1.20 bits per heavy atom. The molecule has 150 valence electrons. The van der Waals surface area contributed by atoms with Crippen LogP contribution in [0.5, 0.6) is 5.75 Å². The van der Waals surface area contributed by atoms with E-state index in [1.54, 1.807) is 12.3 Å². The van der Waals surface area contributed by atoms with Crippen molar-refractivity contribution in [2.75, 3.05) is 17.3 Å². The first kappa shape index (κ1) is 19.0. The standard InChI is InChI=1S/C22H17ClN4O2S/c23-15-10-16-21(24-11-15)26-22(25-16)30-13-20(28)27-17-8-4-5-9-19(17)29-12-18(27)14-6-2-1-3-7-14/h1-11,18H,12-13H2,(H,24,25,26)/t18-/m1/s1. The monoisotopic (exact) mass is 436 g/mol. The summed E-state index contributed by atoms with van der Waals surface area (Å²) in [5.74, 6) is 0.923. The van der Waals surface area contributed by atoms with Crippen LogP contribution in [0.4, 0.5) is 5.69 Å². The van der Waals surface area contributed by atoms with Gasteiger partial charge < -0.3 is 9.72 Å². The van der Waals surface area contributed by atoms with Gasteiger partial charge in [-0.3, -0.25) is 9.69 Å². The summed E-state index contributed by atoms with van der Waals surface area (Å²) in [6, 6.07) is 19.2. The Bertz CT molecular complexity index is 1210. The van der Waals surface area contributed by atoms with Gasteiger partial charge in [0.25, 0.3) is 0 Å². The van der Waals surface area contributed by atoms with E-state index >= 15 is 0 Å². The molecule has 0 saturated carbocycles. The van der Waals surface area contributed by atoms with E-state index in [4.69, 9.17) is 16.3 Å². The van der Waals surface area contributed by atoms with Gasteiger partial charge in [0.15, 0.2) is 10.8 Å². The van der Waals surface area contributed by atoms with Crippen molar-refractivity contribution in [2.45, 2.75) is 11.2 Å². The van der Waals surface area contributed by atoms with Gasteiger partial charge >= 0.3 is 0 Å². The fourth-order valence-electron chi connectivity index (χ4n) is 3.54. The molecule has 2 aromatic heterocycles. The molecule has 1 N–H and O–H groups in total. The van der Waals surface area contributed by atoms with Crippen LogP contribution in [0.2, 0.25) is 5.02 Å². The van der Waals surface area contributed by atoms with Gasteiger partial charge in [-0.2, -0.15) is 0 Å². The van der Waals surface area contributed by atoms with Crippen LogP contribution in [0.25, 0.3) is 11.2 Å². The van der Waals surface area contributed by atoms with Gasteiger partial charge in [0, 0.05) is 6.20 Å². The number of H-pyrrole nitrogens is 1. The molecule has 1 amide bonds. The second-order valence-corrected chi connectivity index (χ2v) is 8.22. The second-order valence-electron chi connectivity index (χ2n) is 6.82. The number of nitrogens with one attached hydrogen (secondary N) is 1. The van der Waals surface area contributed by atoms with Gasteiger partial charge in [-0.15, -0.1) is 0 Å². The molecule has 0 spiro atoms. The number of fused-ring (bicyclic) bond motifs is 2. The zero-order valence-electron chi connectivity index (χ0n) is 15.8. The van der Waals surface area contributed by atoms with Crippen LogP contribution in [0.1, 0.15) is 11.6 Å². The van der Waals surface area contributed by atoms with Crippen molar-refractivity contribution < 1.29 is 9.53 Å². The highest BCUT2D eigenvalue weighted by Gasteiger charge is 2.33. The third kappa shape index (κ3) is 3.62. The predicted octanol–water partition coefficient (Wildman–Crippen LogP) is 4.87. The van der Waals surface area contributed by atoms with E-state index < -0.39 is 0 Å². The van der Waals surface area contributed by atoms with Gasteiger partial charge in [0.2, 0.25) is 5.91 Å². The van der Waals surface area contributed by atoms with E-state index in [0.29, 0.717) is 28.2 Å². The Morgan fingerprint density at radius 3 is 2.87 bits per heavy atom. The fraction of sp³-hybridized carbons (Fsp3) is 0.136. The molecule has 5 rings (SSSR count). The summed E-state index contributed by atoms with van der Waals surface area (Å²) < 4.78 is 5.94. The summed E-state index contributed by atoms with van der Waals surface area (Å²) in [4.78, 5) is 27.0. The highest BCUT2D eigenvalue weighted by molar-refractivity contribution is 7.99. The van der Waals surface area contributed by atoms with E-state index in [-0.39, 0.29) is 17.7 Å². The molecule has 1 aliphatic heterocycles. The maximum Gasteiger partial charge on any atom is 0.238 e. The Balaban J connectivity index is 1.42. The maximum absolute atomic E-state index is 13.4. The van der Waals surface area contributed by atoms with Crippen LogP contribution in [-0.4, -0.2) is 33.2 Å². The average Bonchev–Trinajstić information content (AvgIpc) is 3.19. The number of thioether (sulfide) groups is 1. The number of anilines is 1.